The summed E-state index contributed by atoms with van der Waals surface area (Å²) in [7, 11) is 2.80. The second-order valence-electron chi connectivity index (χ2n) is 18.4. The fraction of sp³-hybridized carbons (Fsp3) is 0.462. The third-order valence-electron chi connectivity index (χ3n) is 12.5. The highest BCUT2D eigenvalue weighted by molar-refractivity contribution is 6.00. The van der Waals surface area contributed by atoms with Crippen molar-refractivity contribution in [1.82, 2.24) is 36.8 Å². The number of nitrogens with one attached hydrogen (secondary N) is 6. The molecule has 0 bridgehead atoms. The molecule has 0 aliphatic carbocycles. The number of guanidine groups is 1. The van der Waals surface area contributed by atoms with Crippen molar-refractivity contribution in [1.29, 1.82) is 0 Å². The smallest absolute Gasteiger partial charge is 0.326 e. The molecule has 1 fully saturated rings. The third kappa shape index (κ3) is 20.8. The molecule has 0 aromatic heterocycles. The fourth-order valence-electron chi connectivity index (χ4n) is 7.80. The van der Waals surface area contributed by atoms with Crippen LogP contribution in [0.5, 0.6) is 5.75 Å². The van der Waals surface area contributed by atoms with Crippen LogP contribution in [0.1, 0.15) is 77.3 Å². The molecule has 1 saturated heterocycles. The highest BCUT2D eigenvalue weighted by Gasteiger charge is 2.34. The number of amides is 7. The number of benzene rings is 2. The second kappa shape index (κ2) is 30.2. The maximum Gasteiger partial charge on any atom is 0.326 e. The third-order valence-corrected chi connectivity index (χ3v) is 12.5. The van der Waals surface area contributed by atoms with Crippen molar-refractivity contribution < 1.29 is 63.2 Å². The van der Waals surface area contributed by atoms with E-state index in [1.165, 1.54) is 39.1 Å². The van der Waals surface area contributed by atoms with Crippen LogP contribution in [-0.2, 0) is 60.7 Å². The molecule has 23 nitrogen and oxygen atoms in total. The Balaban J connectivity index is 2.10. The number of aryl methyl sites for hydroxylation is 1. The number of ether oxygens (including phenoxy) is 1. The lowest BCUT2D eigenvalue weighted by molar-refractivity contribution is -0.144. The molecule has 408 valence electrons. The maximum absolute atomic E-state index is 14.4. The van der Waals surface area contributed by atoms with Crippen LogP contribution < -0.4 is 43.4 Å². The normalized spacial score (nSPS) is 23.5. The van der Waals surface area contributed by atoms with Crippen LogP contribution in [0.15, 0.2) is 95.7 Å². The monoisotopic (exact) mass is 1040 g/mol. The van der Waals surface area contributed by atoms with E-state index in [0.29, 0.717) is 17.6 Å². The fourth-order valence-corrected chi connectivity index (χ4v) is 7.80. The number of carboxylic acid groups (broad SMARTS) is 2. The minimum atomic E-state index is -1.91. The number of carbonyl (C=O) groups excluding carboxylic acids is 7. The lowest BCUT2D eigenvalue weighted by Crippen LogP contribution is -2.56. The first-order valence-corrected chi connectivity index (χ1v) is 24.4. The molecule has 3 rings (SSSR count). The van der Waals surface area contributed by atoms with Gasteiger partial charge >= 0.3 is 11.9 Å². The van der Waals surface area contributed by atoms with Gasteiger partial charge in [0.1, 0.15) is 41.7 Å². The molecule has 2 aromatic carbocycles. The maximum atomic E-state index is 14.4. The van der Waals surface area contributed by atoms with Crippen molar-refractivity contribution in [3.63, 3.8) is 0 Å². The number of carboxylic acids is 2. The number of hydrogen-bond donors (Lipinski definition) is 11. The van der Waals surface area contributed by atoms with E-state index in [1.807, 2.05) is 43.3 Å². The Hall–Kier alpha value is -8.08. The van der Waals surface area contributed by atoms with Crippen LogP contribution in [0.4, 0.5) is 0 Å². The Morgan fingerprint density at radius 2 is 1.44 bits per heavy atom. The van der Waals surface area contributed by atoms with Crippen molar-refractivity contribution in [3.05, 3.63) is 102 Å². The number of hydrogen-bond acceptors (Lipinski definition) is 12. The lowest BCUT2D eigenvalue weighted by Gasteiger charge is -2.27. The van der Waals surface area contributed by atoms with Crippen molar-refractivity contribution in [2.45, 2.75) is 121 Å². The first-order chi connectivity index (χ1) is 35.4. The molecule has 23 heteroatoms. The SMILES string of the molecule is C=C1C(=O)N[C@H](C)C(=O)N[C@@H](CCc2ccc(O)cc2)C(=O)N[C@@H](C(=O)O)CC(=O)N[C@@H](CCCN=C(N)N)C(=O)N[C@@H](/C=C/C(C)=C/[C@H](C)[C@H](Cc2ccccc2)OC)[C@H](C)C(=O)N[C@@H](C(=O)O)CCC(=O)N1C. The van der Waals surface area contributed by atoms with E-state index in [1.54, 1.807) is 32.2 Å². The first-order valence-electron chi connectivity index (χ1n) is 24.4. The van der Waals surface area contributed by atoms with Gasteiger partial charge in [0.15, 0.2) is 5.96 Å². The van der Waals surface area contributed by atoms with Gasteiger partial charge in [0.05, 0.1) is 24.5 Å². The molecule has 0 saturated carbocycles. The van der Waals surface area contributed by atoms with E-state index >= 15 is 0 Å². The Kier molecular flexibility index (Phi) is 24.6. The summed E-state index contributed by atoms with van der Waals surface area (Å²) in [5.74, 6) is -11.2. The molecule has 2 aromatic rings. The Morgan fingerprint density at radius 1 is 0.827 bits per heavy atom. The topological polar surface area (TPSA) is 363 Å². The van der Waals surface area contributed by atoms with Gasteiger partial charge in [-0.3, -0.25) is 38.6 Å². The molecule has 1 aliphatic heterocycles. The van der Waals surface area contributed by atoms with Crippen LogP contribution >= 0.6 is 0 Å². The molecule has 0 spiro atoms. The number of carbonyl (C=O) groups is 9. The zero-order valence-corrected chi connectivity index (χ0v) is 43.2. The number of methoxy groups -OCH3 is 1. The van der Waals surface area contributed by atoms with E-state index in [-0.39, 0.29) is 56.0 Å². The predicted octanol–water partition coefficient (Wildman–Crippen LogP) is 0.665. The van der Waals surface area contributed by atoms with Crippen molar-refractivity contribution >= 4 is 59.2 Å². The summed E-state index contributed by atoms with van der Waals surface area (Å²) < 4.78 is 5.81. The molecule has 7 amide bonds. The van der Waals surface area contributed by atoms with Crippen molar-refractivity contribution in [2.75, 3.05) is 20.7 Å². The number of phenols is 1. The first kappa shape index (κ1) is 61.2. The predicted molar refractivity (Wildman–Crippen MR) is 277 cm³/mol. The summed E-state index contributed by atoms with van der Waals surface area (Å²) in [4.78, 5) is 126. The number of aliphatic imine (C=N–C) groups is 1. The number of aromatic hydroxyl groups is 1. The van der Waals surface area contributed by atoms with Crippen LogP contribution in [0.2, 0.25) is 0 Å². The largest absolute Gasteiger partial charge is 0.508 e. The average Bonchev–Trinajstić information content (AvgIpc) is 3.36. The lowest BCUT2D eigenvalue weighted by atomic mass is 9.94. The van der Waals surface area contributed by atoms with Crippen molar-refractivity contribution in [2.24, 2.45) is 28.3 Å². The van der Waals surface area contributed by atoms with Crippen molar-refractivity contribution in [3.8, 4) is 5.75 Å². The van der Waals surface area contributed by atoms with Crippen LogP contribution in [0.25, 0.3) is 0 Å². The molecule has 0 radical (unpaired) electrons. The Bertz CT molecular complexity index is 2440. The molecule has 13 N–H and O–H groups in total. The molecule has 0 unspecified atom stereocenters. The van der Waals surface area contributed by atoms with Gasteiger partial charge in [0.25, 0.3) is 5.91 Å². The van der Waals surface area contributed by atoms with Gasteiger partial charge in [-0.05, 0) is 75.6 Å². The number of aliphatic carboxylic acids is 2. The number of likely N-dealkylation sites (N-methyl/N-ethyl adjacent to an activating group) is 1. The van der Waals surface area contributed by atoms with Gasteiger partial charge in [-0.15, -0.1) is 0 Å². The van der Waals surface area contributed by atoms with Crippen LogP contribution in [-0.4, -0.2) is 143 Å². The van der Waals surface area contributed by atoms with E-state index in [4.69, 9.17) is 16.2 Å². The minimum Gasteiger partial charge on any atom is -0.508 e. The Morgan fingerprint density at radius 3 is 2.05 bits per heavy atom. The highest BCUT2D eigenvalue weighted by Crippen LogP contribution is 2.19. The summed E-state index contributed by atoms with van der Waals surface area (Å²) in [6.07, 6.45) is 3.58. The van der Waals surface area contributed by atoms with Gasteiger partial charge in [-0.1, -0.05) is 86.7 Å². The summed E-state index contributed by atoms with van der Waals surface area (Å²) in [5, 5.41) is 45.1. The van der Waals surface area contributed by atoms with Gasteiger partial charge in [0.2, 0.25) is 35.4 Å². The second-order valence-corrected chi connectivity index (χ2v) is 18.4. The van der Waals surface area contributed by atoms with E-state index < -0.39 is 120 Å². The minimum absolute atomic E-state index is 0.00931. The molecular weight excluding hydrogens is 973 g/mol. The molecule has 9 atom stereocenters. The van der Waals surface area contributed by atoms with Crippen LogP contribution in [0.3, 0.4) is 0 Å². The quantitative estimate of drug-likeness (QED) is 0.0362. The molecule has 1 aliphatic rings. The number of rotatable bonds is 16. The molecule has 1 heterocycles. The zero-order chi connectivity index (χ0) is 55.9. The van der Waals surface area contributed by atoms with E-state index in [9.17, 15) is 58.5 Å². The average molecular weight is 1050 g/mol. The number of nitrogens with two attached hydrogens (primary N) is 2. The van der Waals surface area contributed by atoms with E-state index in [0.717, 1.165) is 10.5 Å². The van der Waals surface area contributed by atoms with Gasteiger partial charge < -0.3 is 68.3 Å². The number of phenolic OH excluding ortho intramolecular Hbond substituents is 1. The van der Waals surface area contributed by atoms with E-state index in [2.05, 4.69) is 43.5 Å². The number of nitrogens with zero attached hydrogens (tertiary/aromatic N) is 2. The number of allylic oxidation sites excluding steroid dienone is 2. The molecule has 75 heavy (non-hydrogen) atoms. The standard InChI is InChI=1S/C52H72N10O13/c1-29(26-30(2)42(75-7)27-35-12-9-8-10-13-35)15-21-37-31(3)45(66)60-40(50(71)72)23-24-44(65)62(6)33(5)47(68)56-32(4)46(67)59-39(22-18-34-16-19-36(63)20-17-34)49(70)61-41(51(73)74)28-43(64)57-38(48(69)58-37)14-11-25-55-52(53)54/h8-10,12-13,15-17,19-21,26,30-32,37-42,63H,5,11,14,18,22-25,27-28H2,1-4,6-7H3,(H,56,68)(H,57,64)(H,58,69)(H,59,67)(H,60,66)(H,61,70)(H,71,72)(H,73,74)(H4,53,54,55)/b21-15+,29-26+/t30-,31-,32+,37-,38-,39-,40+,41+,42-/m0/s1. The van der Waals surface area contributed by atoms with Gasteiger partial charge in [-0.25, -0.2) is 9.59 Å². The summed E-state index contributed by atoms with van der Waals surface area (Å²) in [6.45, 7) is 10.1. The summed E-state index contributed by atoms with van der Waals surface area (Å²) in [5.41, 5.74) is 13.0. The summed E-state index contributed by atoms with van der Waals surface area (Å²) >= 11 is 0. The molecular formula is C52H72N10O13. The summed E-state index contributed by atoms with van der Waals surface area (Å²) in [6, 6.07) is 6.66. The Labute approximate surface area is 436 Å². The van der Waals surface area contributed by atoms with Crippen LogP contribution in [0, 0.1) is 11.8 Å². The van der Waals surface area contributed by atoms with Gasteiger partial charge in [-0.2, -0.15) is 0 Å². The zero-order valence-electron chi connectivity index (χ0n) is 43.2. The van der Waals surface area contributed by atoms with Gasteiger partial charge in [0, 0.05) is 33.0 Å². The highest BCUT2D eigenvalue weighted by atomic mass is 16.5.